The second-order valence-electron chi connectivity index (χ2n) is 5.26. The van der Waals surface area contributed by atoms with Crippen LogP contribution >= 0.6 is 40.3 Å². The highest BCUT2D eigenvalue weighted by atomic mass is 79.9. The topological polar surface area (TPSA) is 84.7 Å². The van der Waals surface area contributed by atoms with E-state index in [0.29, 0.717) is 5.56 Å². The van der Waals surface area contributed by atoms with Crippen molar-refractivity contribution in [2.75, 3.05) is 21.1 Å². The maximum Gasteiger partial charge on any atom is 0.244 e. The minimum atomic E-state index is -3.74. The summed E-state index contributed by atoms with van der Waals surface area (Å²) < 4.78 is 25.7. The summed E-state index contributed by atoms with van der Waals surface area (Å²) >= 11 is 7.24. The Kier molecular flexibility index (Phi) is 6.35. The van der Waals surface area contributed by atoms with Gasteiger partial charge in [-0.3, -0.25) is 10.3 Å². The van der Waals surface area contributed by atoms with E-state index in [1.165, 1.54) is 38.0 Å². The third-order valence-corrected chi connectivity index (χ3v) is 7.23. The van der Waals surface area contributed by atoms with Gasteiger partial charge in [0.15, 0.2) is 5.72 Å². The number of rotatable bonds is 3. The standard InChI is InChI=1S/C13H18ClN3O3S2.BrH/c1-8-17(4)13(18,12(15)21-8)9-5-6-10(14)11(7-9)22(19,20)16(2)3;/h5-8,15,18H,1-4H3;1H. The molecule has 1 saturated heterocycles. The molecule has 0 saturated carbocycles. The maximum atomic E-state index is 12.3. The molecular weight excluding hydrogens is 426 g/mol. The molecular formula is C13H19BrClN3O3S2. The molecule has 0 aromatic heterocycles. The first-order valence-corrected chi connectivity index (χ1v) is 9.16. The molecule has 2 atom stereocenters. The van der Waals surface area contributed by atoms with Crippen molar-refractivity contribution in [3.63, 3.8) is 0 Å². The summed E-state index contributed by atoms with van der Waals surface area (Å²) in [5.41, 5.74) is -1.34. The van der Waals surface area contributed by atoms with Crippen molar-refractivity contribution < 1.29 is 13.5 Å². The lowest BCUT2D eigenvalue weighted by Gasteiger charge is -2.32. The zero-order chi connectivity index (χ0) is 16.9. The average molecular weight is 445 g/mol. The van der Waals surface area contributed by atoms with Crippen LogP contribution in [-0.4, -0.2) is 54.3 Å². The van der Waals surface area contributed by atoms with E-state index in [1.807, 2.05) is 6.92 Å². The lowest BCUT2D eigenvalue weighted by Crippen LogP contribution is -2.45. The highest BCUT2D eigenvalue weighted by Gasteiger charge is 2.48. The van der Waals surface area contributed by atoms with E-state index in [9.17, 15) is 13.5 Å². The van der Waals surface area contributed by atoms with Gasteiger partial charge in [-0.15, -0.1) is 17.0 Å². The number of halogens is 2. The van der Waals surface area contributed by atoms with E-state index < -0.39 is 15.7 Å². The van der Waals surface area contributed by atoms with E-state index in [4.69, 9.17) is 17.0 Å². The Balaban J connectivity index is 0.00000264. The molecule has 1 aromatic carbocycles. The molecule has 0 radical (unpaired) electrons. The van der Waals surface area contributed by atoms with Crippen LogP contribution in [0, 0.1) is 5.41 Å². The van der Waals surface area contributed by atoms with Gasteiger partial charge < -0.3 is 5.11 Å². The van der Waals surface area contributed by atoms with Crippen LogP contribution in [0.15, 0.2) is 23.1 Å². The minimum absolute atomic E-state index is 0. The van der Waals surface area contributed by atoms with Crippen LogP contribution < -0.4 is 0 Å². The minimum Gasteiger partial charge on any atom is -0.366 e. The fourth-order valence-electron chi connectivity index (χ4n) is 2.20. The third-order valence-electron chi connectivity index (χ3n) is 3.75. The lowest BCUT2D eigenvalue weighted by atomic mass is 10.0. The molecule has 1 aliphatic heterocycles. The molecule has 1 aromatic rings. The Labute approximate surface area is 156 Å². The number of aliphatic hydroxyl groups is 1. The number of sulfonamides is 1. The number of nitrogens with zero attached hydrogens (tertiary/aromatic N) is 2. The van der Waals surface area contributed by atoms with E-state index in [2.05, 4.69) is 0 Å². The fraction of sp³-hybridized carbons (Fsp3) is 0.462. The van der Waals surface area contributed by atoms with Crippen molar-refractivity contribution in [2.45, 2.75) is 22.9 Å². The largest absolute Gasteiger partial charge is 0.366 e. The summed E-state index contributed by atoms with van der Waals surface area (Å²) in [5.74, 6) is 0. The molecule has 1 aliphatic rings. The molecule has 130 valence electrons. The summed E-state index contributed by atoms with van der Waals surface area (Å²) in [6.07, 6.45) is 0. The van der Waals surface area contributed by atoms with Gasteiger partial charge in [-0.05, 0) is 26.1 Å². The Morgan fingerprint density at radius 2 is 2.00 bits per heavy atom. The molecule has 0 bridgehead atoms. The van der Waals surface area contributed by atoms with Crippen molar-refractivity contribution in [2.24, 2.45) is 0 Å². The summed E-state index contributed by atoms with van der Waals surface area (Å²) in [6, 6.07) is 4.31. The molecule has 0 aliphatic carbocycles. The first kappa shape index (κ1) is 20.9. The average Bonchev–Trinajstić information content (AvgIpc) is 2.63. The van der Waals surface area contributed by atoms with Crippen LogP contribution in [0.4, 0.5) is 0 Å². The van der Waals surface area contributed by atoms with Crippen molar-refractivity contribution in [1.82, 2.24) is 9.21 Å². The second-order valence-corrected chi connectivity index (χ2v) is 9.12. The van der Waals surface area contributed by atoms with E-state index in [0.717, 1.165) is 4.31 Å². The molecule has 1 heterocycles. The molecule has 2 N–H and O–H groups in total. The molecule has 10 heteroatoms. The van der Waals surface area contributed by atoms with Gasteiger partial charge in [0.2, 0.25) is 10.0 Å². The normalized spacial score (nSPS) is 25.7. The zero-order valence-electron chi connectivity index (χ0n) is 13.1. The predicted molar refractivity (Wildman–Crippen MR) is 99.1 cm³/mol. The first-order valence-electron chi connectivity index (χ1n) is 6.46. The van der Waals surface area contributed by atoms with E-state index >= 15 is 0 Å². The Morgan fingerprint density at radius 3 is 2.43 bits per heavy atom. The van der Waals surface area contributed by atoms with Crippen LogP contribution in [-0.2, 0) is 15.7 Å². The quantitative estimate of drug-likeness (QED) is 0.747. The summed E-state index contributed by atoms with van der Waals surface area (Å²) in [7, 11) is 0.771. The van der Waals surface area contributed by atoms with Gasteiger partial charge in [0.1, 0.15) is 9.94 Å². The van der Waals surface area contributed by atoms with Crippen LogP contribution in [0.2, 0.25) is 5.02 Å². The molecule has 0 spiro atoms. The van der Waals surface area contributed by atoms with Gasteiger partial charge >= 0.3 is 0 Å². The first-order chi connectivity index (χ1) is 10.0. The highest BCUT2D eigenvalue weighted by Crippen LogP contribution is 2.43. The fourth-order valence-corrected chi connectivity index (χ4v) is 4.68. The van der Waals surface area contributed by atoms with Gasteiger partial charge in [-0.1, -0.05) is 29.4 Å². The summed E-state index contributed by atoms with van der Waals surface area (Å²) in [4.78, 5) is 1.53. The van der Waals surface area contributed by atoms with Gasteiger partial charge in [-0.25, -0.2) is 12.7 Å². The molecule has 2 unspecified atom stereocenters. The number of nitrogens with one attached hydrogen (secondary N) is 1. The van der Waals surface area contributed by atoms with Gasteiger partial charge in [0, 0.05) is 19.7 Å². The van der Waals surface area contributed by atoms with Crippen molar-refractivity contribution >= 4 is 55.4 Å². The number of benzene rings is 1. The molecule has 2 rings (SSSR count). The maximum absolute atomic E-state index is 12.3. The Morgan fingerprint density at radius 1 is 1.43 bits per heavy atom. The van der Waals surface area contributed by atoms with Gasteiger partial charge in [-0.2, -0.15) is 0 Å². The monoisotopic (exact) mass is 443 g/mol. The zero-order valence-corrected chi connectivity index (χ0v) is 17.2. The van der Waals surface area contributed by atoms with E-state index in [1.54, 1.807) is 18.0 Å². The second kappa shape index (κ2) is 6.99. The molecule has 1 fully saturated rings. The Hall–Kier alpha value is -0.160. The van der Waals surface area contributed by atoms with Crippen LogP contribution in [0.25, 0.3) is 0 Å². The number of thioether (sulfide) groups is 1. The van der Waals surface area contributed by atoms with Crippen molar-refractivity contribution in [1.29, 1.82) is 5.41 Å². The number of hydrogen-bond acceptors (Lipinski definition) is 6. The van der Waals surface area contributed by atoms with Gasteiger partial charge in [0.25, 0.3) is 0 Å². The summed E-state index contributed by atoms with van der Waals surface area (Å²) in [5, 5.41) is 19.0. The predicted octanol–water partition coefficient (Wildman–Crippen LogP) is 2.32. The van der Waals surface area contributed by atoms with Crippen LogP contribution in [0.1, 0.15) is 12.5 Å². The lowest BCUT2D eigenvalue weighted by molar-refractivity contribution is -0.0348. The third kappa shape index (κ3) is 3.33. The molecule has 0 amide bonds. The van der Waals surface area contributed by atoms with Crippen LogP contribution in [0.3, 0.4) is 0 Å². The van der Waals surface area contributed by atoms with Crippen molar-refractivity contribution in [3.05, 3.63) is 28.8 Å². The SMILES string of the molecule is Br.CC1SC(=N)C(O)(c2ccc(Cl)c(S(=O)(=O)N(C)C)c2)N1C. The van der Waals surface area contributed by atoms with Gasteiger partial charge in [0.05, 0.1) is 10.4 Å². The smallest absolute Gasteiger partial charge is 0.244 e. The summed E-state index contributed by atoms with van der Waals surface area (Å²) in [6.45, 7) is 1.87. The van der Waals surface area contributed by atoms with E-state index in [-0.39, 0.29) is 37.3 Å². The number of hydrogen-bond donors (Lipinski definition) is 2. The Bertz CT molecular complexity index is 729. The van der Waals surface area contributed by atoms with Crippen LogP contribution in [0.5, 0.6) is 0 Å². The highest BCUT2D eigenvalue weighted by molar-refractivity contribution is 8.93. The van der Waals surface area contributed by atoms with Crippen molar-refractivity contribution in [3.8, 4) is 0 Å². The molecule has 6 nitrogen and oxygen atoms in total. The molecule has 23 heavy (non-hydrogen) atoms.